The molecule has 2 aromatic carbocycles. The molecule has 1 saturated heterocycles. The van der Waals surface area contributed by atoms with E-state index in [-0.39, 0.29) is 5.91 Å². The number of rotatable bonds is 5. The number of carbonyl (C=O) groups excluding carboxylic acids is 1. The van der Waals surface area contributed by atoms with E-state index in [9.17, 15) is 4.79 Å². The maximum atomic E-state index is 12.1. The first-order valence-corrected chi connectivity index (χ1v) is 8.72. The maximum absolute atomic E-state index is 12.1. The van der Waals surface area contributed by atoms with E-state index in [0.717, 1.165) is 43.1 Å². The third-order valence-electron chi connectivity index (χ3n) is 4.09. The minimum Gasteiger partial charge on any atom is -0.378 e. The summed E-state index contributed by atoms with van der Waals surface area (Å²) in [5.41, 5.74) is 3.21. The number of nitrogens with zero attached hydrogens (tertiary/aromatic N) is 1. The van der Waals surface area contributed by atoms with E-state index in [2.05, 4.69) is 16.3 Å². The molecule has 4 nitrogen and oxygen atoms in total. The minimum atomic E-state index is -0.119. The van der Waals surface area contributed by atoms with Crippen LogP contribution in [0.3, 0.4) is 0 Å². The predicted molar refractivity (Wildman–Crippen MR) is 102 cm³/mol. The summed E-state index contributed by atoms with van der Waals surface area (Å²) in [6.45, 7) is 3.73. The molecule has 1 N–H and O–H groups in total. The highest BCUT2D eigenvalue weighted by atomic mass is 35.5. The van der Waals surface area contributed by atoms with Gasteiger partial charge in [-0.2, -0.15) is 0 Å². The Hall–Kier alpha value is -2.30. The van der Waals surface area contributed by atoms with Crippen molar-refractivity contribution in [2.75, 3.05) is 31.2 Å². The van der Waals surface area contributed by atoms with Crippen LogP contribution in [0, 0.1) is 0 Å². The molecule has 1 aliphatic rings. The molecule has 0 atom stereocenters. The van der Waals surface area contributed by atoms with Gasteiger partial charge in [0.05, 0.1) is 13.2 Å². The molecule has 0 bridgehead atoms. The van der Waals surface area contributed by atoms with Crippen molar-refractivity contribution < 1.29 is 9.53 Å². The van der Waals surface area contributed by atoms with E-state index in [1.165, 1.54) is 0 Å². The Morgan fingerprint density at radius 3 is 2.60 bits per heavy atom. The average Bonchev–Trinajstić information content (AvgIpc) is 2.67. The number of halogens is 1. The van der Waals surface area contributed by atoms with Crippen LogP contribution in [0.2, 0.25) is 5.02 Å². The topological polar surface area (TPSA) is 41.6 Å². The average molecular weight is 357 g/mol. The van der Waals surface area contributed by atoms with E-state index < -0.39 is 0 Å². The van der Waals surface area contributed by atoms with Crippen molar-refractivity contribution in [3.8, 4) is 0 Å². The van der Waals surface area contributed by atoms with Crippen LogP contribution in [-0.2, 0) is 16.1 Å². The first-order chi connectivity index (χ1) is 12.2. The Labute approximate surface area is 153 Å². The standard InChI is InChI=1S/C20H21ClN2O2/c21-18-8-5-16(6-9-18)7-10-20(24)22-15-17-3-1-2-4-19(17)23-11-13-25-14-12-23/h1-10H,11-15H2,(H,22,24). The van der Waals surface area contributed by atoms with Crippen LogP contribution in [-0.4, -0.2) is 32.2 Å². The quantitative estimate of drug-likeness (QED) is 0.833. The number of hydrogen-bond donors (Lipinski definition) is 1. The monoisotopic (exact) mass is 356 g/mol. The number of ether oxygens (including phenoxy) is 1. The molecule has 5 heteroatoms. The van der Waals surface area contributed by atoms with Crippen molar-refractivity contribution in [3.05, 3.63) is 70.8 Å². The maximum Gasteiger partial charge on any atom is 0.244 e. The Morgan fingerprint density at radius 1 is 1.12 bits per heavy atom. The third kappa shape index (κ3) is 5.08. The van der Waals surface area contributed by atoms with Crippen molar-refractivity contribution in [3.63, 3.8) is 0 Å². The summed E-state index contributed by atoms with van der Waals surface area (Å²) in [7, 11) is 0. The lowest BCUT2D eigenvalue weighted by molar-refractivity contribution is -0.116. The van der Waals surface area contributed by atoms with Crippen LogP contribution in [0.25, 0.3) is 6.08 Å². The minimum absolute atomic E-state index is 0.119. The normalized spacial score (nSPS) is 14.7. The fourth-order valence-corrected chi connectivity index (χ4v) is 2.89. The molecule has 0 unspecified atom stereocenters. The van der Waals surface area contributed by atoms with Crippen LogP contribution in [0.1, 0.15) is 11.1 Å². The first-order valence-electron chi connectivity index (χ1n) is 8.34. The number of amides is 1. The fourth-order valence-electron chi connectivity index (χ4n) is 2.76. The molecule has 1 amide bonds. The summed E-state index contributed by atoms with van der Waals surface area (Å²) >= 11 is 5.86. The van der Waals surface area contributed by atoms with Gasteiger partial charge in [0.25, 0.3) is 0 Å². The molecule has 0 aliphatic carbocycles. The zero-order valence-corrected chi connectivity index (χ0v) is 14.7. The molecule has 0 spiro atoms. The summed E-state index contributed by atoms with van der Waals surface area (Å²) < 4.78 is 5.41. The van der Waals surface area contributed by atoms with Crippen molar-refractivity contribution in [1.29, 1.82) is 0 Å². The van der Waals surface area contributed by atoms with Crippen LogP contribution < -0.4 is 10.2 Å². The van der Waals surface area contributed by atoms with Gasteiger partial charge in [-0.3, -0.25) is 4.79 Å². The van der Waals surface area contributed by atoms with Gasteiger partial charge in [-0.25, -0.2) is 0 Å². The second-order valence-electron chi connectivity index (χ2n) is 5.83. The van der Waals surface area contributed by atoms with Gasteiger partial charge in [0.15, 0.2) is 0 Å². The fraction of sp³-hybridized carbons (Fsp3) is 0.250. The Bertz CT molecular complexity index is 738. The third-order valence-corrected chi connectivity index (χ3v) is 4.35. The molecule has 0 saturated carbocycles. The van der Waals surface area contributed by atoms with Crippen molar-refractivity contribution >= 4 is 29.3 Å². The van der Waals surface area contributed by atoms with E-state index in [1.807, 2.05) is 30.3 Å². The van der Waals surface area contributed by atoms with Gasteiger partial charge in [0.1, 0.15) is 0 Å². The zero-order valence-electron chi connectivity index (χ0n) is 14.0. The lowest BCUT2D eigenvalue weighted by Gasteiger charge is -2.30. The van der Waals surface area contributed by atoms with Crippen molar-refractivity contribution in [2.24, 2.45) is 0 Å². The Balaban J connectivity index is 1.59. The molecule has 130 valence electrons. The van der Waals surface area contributed by atoms with Crippen LogP contribution in [0.5, 0.6) is 0 Å². The van der Waals surface area contributed by atoms with Crippen molar-refractivity contribution in [2.45, 2.75) is 6.54 Å². The van der Waals surface area contributed by atoms with Gasteiger partial charge >= 0.3 is 0 Å². The van der Waals surface area contributed by atoms with Gasteiger partial charge < -0.3 is 15.0 Å². The van der Waals surface area contributed by atoms with Gasteiger partial charge in [0, 0.05) is 36.4 Å². The number of morpholine rings is 1. The largest absolute Gasteiger partial charge is 0.378 e. The van der Waals surface area contributed by atoms with E-state index in [0.29, 0.717) is 11.6 Å². The van der Waals surface area contributed by atoms with E-state index >= 15 is 0 Å². The molecule has 25 heavy (non-hydrogen) atoms. The summed E-state index contributed by atoms with van der Waals surface area (Å²) in [5, 5.41) is 3.63. The number of nitrogens with one attached hydrogen (secondary N) is 1. The molecule has 1 heterocycles. The Kier molecular flexibility index (Phi) is 6.09. The van der Waals surface area contributed by atoms with Gasteiger partial charge in [0.2, 0.25) is 5.91 Å². The SMILES string of the molecule is O=C(C=Cc1ccc(Cl)cc1)NCc1ccccc1N1CCOCC1. The molecule has 1 fully saturated rings. The smallest absolute Gasteiger partial charge is 0.244 e. The lowest BCUT2D eigenvalue weighted by Crippen LogP contribution is -2.37. The zero-order chi connectivity index (χ0) is 17.5. The second-order valence-corrected chi connectivity index (χ2v) is 6.27. The summed E-state index contributed by atoms with van der Waals surface area (Å²) in [4.78, 5) is 14.4. The van der Waals surface area contributed by atoms with Crippen LogP contribution in [0.4, 0.5) is 5.69 Å². The summed E-state index contributed by atoms with van der Waals surface area (Å²) in [6.07, 6.45) is 3.32. The summed E-state index contributed by atoms with van der Waals surface area (Å²) in [6, 6.07) is 15.5. The summed E-state index contributed by atoms with van der Waals surface area (Å²) in [5.74, 6) is -0.119. The van der Waals surface area contributed by atoms with Crippen LogP contribution >= 0.6 is 11.6 Å². The van der Waals surface area contributed by atoms with Gasteiger partial charge in [-0.1, -0.05) is 41.9 Å². The number of anilines is 1. The second kappa shape index (κ2) is 8.70. The molecular formula is C20H21ClN2O2. The first kappa shape index (κ1) is 17.5. The number of hydrogen-bond acceptors (Lipinski definition) is 3. The number of benzene rings is 2. The predicted octanol–water partition coefficient (Wildman–Crippen LogP) is 3.51. The number of para-hydroxylation sites is 1. The highest BCUT2D eigenvalue weighted by Crippen LogP contribution is 2.21. The van der Waals surface area contributed by atoms with Gasteiger partial charge in [-0.15, -0.1) is 0 Å². The molecule has 1 aliphatic heterocycles. The molecular weight excluding hydrogens is 336 g/mol. The molecule has 0 aromatic heterocycles. The van der Waals surface area contributed by atoms with Crippen molar-refractivity contribution in [1.82, 2.24) is 5.32 Å². The lowest BCUT2D eigenvalue weighted by atomic mass is 10.1. The molecule has 2 aromatic rings. The van der Waals surface area contributed by atoms with E-state index in [4.69, 9.17) is 16.3 Å². The van der Waals surface area contributed by atoms with Gasteiger partial charge in [-0.05, 0) is 35.4 Å². The van der Waals surface area contributed by atoms with E-state index in [1.54, 1.807) is 24.3 Å². The number of carbonyl (C=O) groups is 1. The molecule has 3 rings (SSSR count). The highest BCUT2D eigenvalue weighted by Gasteiger charge is 2.14. The highest BCUT2D eigenvalue weighted by molar-refractivity contribution is 6.30. The molecule has 0 radical (unpaired) electrons. The Morgan fingerprint density at radius 2 is 1.84 bits per heavy atom. The van der Waals surface area contributed by atoms with Crippen LogP contribution in [0.15, 0.2) is 54.6 Å².